The van der Waals surface area contributed by atoms with E-state index in [1.54, 1.807) is 41.3 Å². The molecular weight excluding hydrogens is 608 g/mol. The van der Waals surface area contributed by atoms with Gasteiger partial charge < -0.3 is 19.3 Å². The van der Waals surface area contributed by atoms with Crippen LogP contribution in [0.25, 0.3) is 0 Å². The van der Waals surface area contributed by atoms with Gasteiger partial charge in [-0.1, -0.05) is 54.6 Å². The van der Waals surface area contributed by atoms with Crippen molar-refractivity contribution in [3.05, 3.63) is 114 Å². The topological polar surface area (TPSA) is 116 Å². The summed E-state index contributed by atoms with van der Waals surface area (Å²) < 4.78 is 11.7. The van der Waals surface area contributed by atoms with Crippen LogP contribution in [0.15, 0.2) is 102 Å². The second kappa shape index (κ2) is 14.7. The molecule has 0 aliphatic carbocycles. The molecule has 2 amide bonds. The predicted molar refractivity (Wildman–Crippen MR) is 185 cm³/mol. The van der Waals surface area contributed by atoms with E-state index in [0.717, 1.165) is 29.9 Å². The Bertz CT molecular complexity index is 1830. The van der Waals surface area contributed by atoms with E-state index in [1.807, 2.05) is 78.6 Å². The number of rotatable bonds is 11. The lowest BCUT2D eigenvalue weighted by molar-refractivity contribution is -0.134. The summed E-state index contributed by atoms with van der Waals surface area (Å²) >= 11 is 0. The SMILES string of the molecule is CN(C)c1ccccc1OC(=O)CN1Cc2ccc(OCCCC(=O)NN3CCc4ccccc43)cc2N=C1NC(=O)c1ccccc1. The van der Waals surface area contributed by atoms with Gasteiger partial charge in [0, 0.05) is 45.2 Å². The smallest absolute Gasteiger partial charge is 0.331 e. The van der Waals surface area contributed by atoms with Gasteiger partial charge in [0.2, 0.25) is 11.9 Å². The molecular formula is C37H38N6O5. The lowest BCUT2D eigenvalue weighted by Crippen LogP contribution is -2.47. The molecule has 4 aromatic rings. The van der Waals surface area contributed by atoms with Gasteiger partial charge in [-0.25, -0.2) is 9.79 Å². The molecule has 0 atom stereocenters. The van der Waals surface area contributed by atoms with Crippen molar-refractivity contribution in [1.29, 1.82) is 0 Å². The number of para-hydroxylation sites is 3. The van der Waals surface area contributed by atoms with Crippen LogP contribution in [0.4, 0.5) is 17.1 Å². The number of aliphatic imine (C=N–C) groups is 1. The second-order valence-electron chi connectivity index (χ2n) is 11.8. The number of hydrogen-bond donors (Lipinski definition) is 2. The summed E-state index contributed by atoms with van der Waals surface area (Å²) in [5.74, 6) is 0.356. The number of hydrogen-bond acceptors (Lipinski definition) is 9. The molecule has 2 heterocycles. The first-order valence-electron chi connectivity index (χ1n) is 15.9. The van der Waals surface area contributed by atoms with E-state index in [9.17, 15) is 14.4 Å². The fourth-order valence-electron chi connectivity index (χ4n) is 5.64. The Balaban J connectivity index is 1.10. The Labute approximate surface area is 279 Å². The highest BCUT2D eigenvalue weighted by molar-refractivity contribution is 6.07. The molecule has 0 spiro atoms. The van der Waals surface area contributed by atoms with Gasteiger partial charge >= 0.3 is 5.97 Å². The number of benzene rings is 4. The molecule has 0 unspecified atom stereocenters. The lowest BCUT2D eigenvalue weighted by Gasteiger charge is -2.30. The van der Waals surface area contributed by atoms with Gasteiger partial charge in [-0.2, -0.15) is 0 Å². The molecule has 0 radical (unpaired) electrons. The third-order valence-electron chi connectivity index (χ3n) is 8.06. The number of carbonyl (C=O) groups excluding carboxylic acids is 3. The largest absolute Gasteiger partial charge is 0.494 e. The summed E-state index contributed by atoms with van der Waals surface area (Å²) in [5, 5.41) is 4.78. The minimum atomic E-state index is -0.493. The van der Waals surface area contributed by atoms with E-state index in [1.165, 1.54) is 5.56 Å². The summed E-state index contributed by atoms with van der Waals surface area (Å²) in [4.78, 5) is 47.2. The highest BCUT2D eigenvalue weighted by Gasteiger charge is 2.26. The standard InChI is InChI=1S/C37H38N6O5/c1-41(2)32-15-8-9-16-33(32)48-35(45)25-42-24-28-18-19-29(23-30(28)38-37(42)39-36(46)27-12-4-3-5-13-27)47-22-10-17-34(44)40-43-21-20-26-11-6-7-14-31(26)43/h3-9,11-16,18-19,23H,10,17,20-22,24-25H2,1-2H3,(H,40,44)(H,38,39,46). The van der Waals surface area contributed by atoms with E-state index in [4.69, 9.17) is 14.5 Å². The van der Waals surface area contributed by atoms with E-state index in [0.29, 0.717) is 48.7 Å². The average molecular weight is 647 g/mol. The van der Waals surface area contributed by atoms with Crippen molar-refractivity contribution in [3.8, 4) is 11.5 Å². The van der Waals surface area contributed by atoms with Crippen molar-refractivity contribution in [3.63, 3.8) is 0 Å². The molecule has 0 saturated heterocycles. The van der Waals surface area contributed by atoms with Crippen molar-refractivity contribution >= 4 is 40.8 Å². The van der Waals surface area contributed by atoms with Crippen LogP contribution >= 0.6 is 0 Å². The van der Waals surface area contributed by atoms with Gasteiger partial charge in [-0.3, -0.25) is 25.3 Å². The first-order chi connectivity index (χ1) is 23.3. The molecule has 0 aromatic heterocycles. The first kappa shape index (κ1) is 32.1. The number of esters is 1. The maximum absolute atomic E-state index is 13.2. The third kappa shape index (κ3) is 7.75. The summed E-state index contributed by atoms with van der Waals surface area (Å²) in [6.45, 7) is 1.27. The Morgan fingerprint density at radius 1 is 0.896 bits per heavy atom. The molecule has 48 heavy (non-hydrogen) atoms. The van der Waals surface area contributed by atoms with Gasteiger partial charge in [-0.15, -0.1) is 0 Å². The molecule has 11 nitrogen and oxygen atoms in total. The molecule has 246 valence electrons. The Morgan fingerprint density at radius 2 is 1.67 bits per heavy atom. The first-order valence-corrected chi connectivity index (χ1v) is 15.9. The molecule has 0 bridgehead atoms. The summed E-state index contributed by atoms with van der Waals surface area (Å²) in [5.41, 5.74) is 7.96. The van der Waals surface area contributed by atoms with Crippen LogP contribution in [-0.2, 0) is 22.6 Å². The van der Waals surface area contributed by atoms with Crippen LogP contribution in [0.2, 0.25) is 0 Å². The molecule has 0 fully saturated rings. The summed E-state index contributed by atoms with van der Waals surface area (Å²) in [6, 6.07) is 29.7. The molecule has 4 aromatic carbocycles. The van der Waals surface area contributed by atoms with Gasteiger partial charge in [0.15, 0.2) is 5.75 Å². The van der Waals surface area contributed by atoms with Crippen LogP contribution in [0.5, 0.6) is 11.5 Å². The van der Waals surface area contributed by atoms with Gasteiger partial charge in [-0.05, 0) is 60.4 Å². The number of guanidine groups is 1. The second-order valence-corrected chi connectivity index (χ2v) is 11.8. The Morgan fingerprint density at radius 3 is 2.50 bits per heavy atom. The van der Waals surface area contributed by atoms with Gasteiger partial charge in [0.1, 0.15) is 12.3 Å². The van der Waals surface area contributed by atoms with Crippen LogP contribution in [0.3, 0.4) is 0 Å². The average Bonchev–Trinajstić information content (AvgIpc) is 3.50. The number of hydrazine groups is 1. The molecule has 2 N–H and O–H groups in total. The van der Waals surface area contributed by atoms with Crippen LogP contribution in [-0.4, -0.2) is 62.4 Å². The van der Waals surface area contributed by atoms with Gasteiger partial charge in [0.25, 0.3) is 5.91 Å². The van der Waals surface area contributed by atoms with Gasteiger partial charge in [0.05, 0.1) is 23.7 Å². The molecule has 2 aliphatic rings. The van der Waals surface area contributed by atoms with Crippen molar-refractivity contribution in [2.45, 2.75) is 25.8 Å². The third-order valence-corrected chi connectivity index (χ3v) is 8.06. The number of ether oxygens (including phenoxy) is 2. The van der Waals surface area contributed by atoms with Crippen LogP contribution < -0.4 is 30.1 Å². The zero-order chi connectivity index (χ0) is 33.5. The predicted octanol–water partition coefficient (Wildman–Crippen LogP) is 4.84. The number of carbonyl (C=O) groups is 3. The van der Waals surface area contributed by atoms with Crippen molar-refractivity contribution < 1.29 is 23.9 Å². The maximum atomic E-state index is 13.2. The van der Waals surface area contributed by atoms with Crippen molar-refractivity contribution in [2.24, 2.45) is 4.99 Å². The van der Waals surface area contributed by atoms with E-state index >= 15 is 0 Å². The number of nitrogens with one attached hydrogen (secondary N) is 2. The molecule has 2 aliphatic heterocycles. The van der Waals surface area contributed by atoms with Crippen molar-refractivity contribution in [1.82, 2.24) is 15.6 Å². The van der Waals surface area contributed by atoms with E-state index < -0.39 is 5.97 Å². The number of anilines is 2. The highest BCUT2D eigenvalue weighted by atomic mass is 16.5. The maximum Gasteiger partial charge on any atom is 0.331 e. The summed E-state index contributed by atoms with van der Waals surface area (Å²) in [7, 11) is 3.75. The lowest BCUT2D eigenvalue weighted by atomic mass is 10.1. The van der Waals surface area contributed by atoms with E-state index in [-0.39, 0.29) is 24.3 Å². The Kier molecular flexibility index (Phi) is 9.85. The van der Waals surface area contributed by atoms with Crippen LogP contribution in [0, 0.1) is 0 Å². The fourth-order valence-corrected chi connectivity index (χ4v) is 5.64. The summed E-state index contributed by atoms with van der Waals surface area (Å²) in [6.07, 6.45) is 1.76. The highest BCUT2D eigenvalue weighted by Crippen LogP contribution is 2.31. The number of amides is 2. The normalized spacial score (nSPS) is 13.2. The number of nitrogens with zero attached hydrogens (tertiary/aromatic N) is 4. The molecule has 0 saturated carbocycles. The Hall–Kier alpha value is -5.84. The van der Waals surface area contributed by atoms with Crippen molar-refractivity contribution in [2.75, 3.05) is 43.7 Å². The molecule has 11 heteroatoms. The minimum Gasteiger partial charge on any atom is -0.494 e. The zero-order valence-electron chi connectivity index (χ0n) is 27.0. The minimum absolute atomic E-state index is 0.0621. The zero-order valence-corrected chi connectivity index (χ0v) is 27.0. The number of fused-ring (bicyclic) bond motifs is 2. The monoisotopic (exact) mass is 646 g/mol. The molecule has 6 rings (SSSR count). The van der Waals surface area contributed by atoms with Crippen LogP contribution in [0.1, 0.15) is 34.3 Å². The fraction of sp³-hybridized carbons (Fsp3) is 0.243. The van der Waals surface area contributed by atoms with E-state index in [2.05, 4.69) is 16.8 Å². The quantitative estimate of drug-likeness (QED) is 0.135.